The fraction of sp³-hybridized carbons (Fsp3) is 0.400. The maximum absolute atomic E-state index is 11.9. The lowest BCUT2D eigenvalue weighted by molar-refractivity contribution is 0.0279. The molecule has 1 aromatic rings. The maximum Gasteiger partial charge on any atom is 0.422 e. The predicted molar refractivity (Wildman–Crippen MR) is 72.3 cm³/mol. The van der Waals surface area contributed by atoms with Gasteiger partial charge in [0.1, 0.15) is 5.60 Å². The van der Waals surface area contributed by atoms with E-state index in [0.29, 0.717) is 0 Å². The molecule has 0 saturated heterocycles. The van der Waals surface area contributed by atoms with Crippen molar-refractivity contribution in [1.82, 2.24) is 10.4 Å². The second-order valence-electron chi connectivity index (χ2n) is 5.92. The van der Waals surface area contributed by atoms with Gasteiger partial charge in [-0.1, -0.05) is 36.4 Å². The number of rotatable bonds is 1. The Morgan fingerprint density at radius 2 is 1.68 bits per heavy atom. The molecule has 0 aliphatic carbocycles. The Kier molecular flexibility index (Phi) is 2.64. The van der Waals surface area contributed by atoms with E-state index in [-0.39, 0.29) is 12.1 Å². The van der Waals surface area contributed by atoms with Gasteiger partial charge in [0.25, 0.3) is 0 Å². The van der Waals surface area contributed by atoms with Gasteiger partial charge in [-0.2, -0.15) is 5.01 Å². The summed E-state index contributed by atoms with van der Waals surface area (Å²) in [5.41, 5.74) is 4.88. The molecule has 100 valence electrons. The lowest BCUT2D eigenvalue weighted by Crippen LogP contribution is -2.43. The number of hydrogen-bond acceptors (Lipinski definition) is 3. The first-order valence-electron chi connectivity index (χ1n) is 6.51. The van der Waals surface area contributed by atoms with Crippen molar-refractivity contribution in [2.75, 3.05) is 0 Å². The van der Waals surface area contributed by atoms with Crippen LogP contribution in [0.4, 0.5) is 4.79 Å². The fourth-order valence-corrected chi connectivity index (χ4v) is 2.67. The zero-order valence-electron chi connectivity index (χ0n) is 11.4. The van der Waals surface area contributed by atoms with Crippen molar-refractivity contribution in [1.29, 1.82) is 0 Å². The zero-order valence-corrected chi connectivity index (χ0v) is 11.4. The van der Waals surface area contributed by atoms with Gasteiger partial charge in [-0.3, -0.25) is 5.43 Å². The van der Waals surface area contributed by atoms with Crippen molar-refractivity contribution in [3.8, 4) is 0 Å². The fourth-order valence-electron chi connectivity index (χ4n) is 2.67. The van der Waals surface area contributed by atoms with Gasteiger partial charge in [-0.25, -0.2) is 4.79 Å². The number of ether oxygens (including phenoxy) is 1. The molecule has 1 N–H and O–H groups in total. The van der Waals surface area contributed by atoms with Crippen LogP contribution in [0.25, 0.3) is 0 Å². The van der Waals surface area contributed by atoms with Crippen molar-refractivity contribution in [3.05, 3.63) is 47.5 Å². The minimum absolute atomic E-state index is 0.119. The topological polar surface area (TPSA) is 41.6 Å². The summed E-state index contributed by atoms with van der Waals surface area (Å²) < 4.78 is 5.30. The van der Waals surface area contributed by atoms with Crippen LogP contribution in [0, 0.1) is 0 Å². The molecule has 0 aromatic heterocycles. The minimum Gasteiger partial charge on any atom is -0.443 e. The van der Waals surface area contributed by atoms with Gasteiger partial charge in [0.15, 0.2) is 0 Å². The number of fused-ring (bicyclic) bond motifs is 5. The van der Waals surface area contributed by atoms with Gasteiger partial charge in [0, 0.05) is 0 Å². The highest BCUT2D eigenvalue weighted by Gasteiger charge is 2.41. The molecule has 2 unspecified atom stereocenters. The van der Waals surface area contributed by atoms with Gasteiger partial charge < -0.3 is 4.74 Å². The van der Waals surface area contributed by atoms with Crippen molar-refractivity contribution < 1.29 is 9.53 Å². The second kappa shape index (κ2) is 4.10. The summed E-state index contributed by atoms with van der Waals surface area (Å²) in [6, 6.07) is 8.50. The Bertz CT molecular complexity index is 512. The quantitative estimate of drug-likeness (QED) is 0.787. The molecular weight excluding hydrogens is 240 g/mol. The van der Waals surface area contributed by atoms with Gasteiger partial charge in [-0.15, -0.1) is 0 Å². The minimum atomic E-state index is -0.483. The first-order chi connectivity index (χ1) is 8.96. The average molecular weight is 258 g/mol. The SMILES string of the molecule is CC(C)(C)OC(=O)NN1C2C=CC1c1ccccc12. The molecule has 1 amide bonds. The third-order valence-electron chi connectivity index (χ3n) is 3.33. The number of benzene rings is 1. The van der Waals surface area contributed by atoms with E-state index in [9.17, 15) is 4.79 Å². The van der Waals surface area contributed by atoms with Crippen LogP contribution in [0.2, 0.25) is 0 Å². The Hall–Kier alpha value is -1.81. The Morgan fingerprint density at radius 3 is 2.16 bits per heavy atom. The van der Waals surface area contributed by atoms with Crippen LogP contribution in [-0.2, 0) is 4.74 Å². The van der Waals surface area contributed by atoms with Crippen LogP contribution in [0.3, 0.4) is 0 Å². The zero-order chi connectivity index (χ0) is 13.6. The molecule has 2 aliphatic heterocycles. The molecule has 3 rings (SSSR count). The summed E-state index contributed by atoms with van der Waals surface area (Å²) in [6.07, 6.45) is 3.83. The molecule has 0 fully saturated rings. The summed E-state index contributed by atoms with van der Waals surface area (Å²) in [5.74, 6) is 0. The summed E-state index contributed by atoms with van der Waals surface area (Å²) >= 11 is 0. The maximum atomic E-state index is 11.9. The van der Waals surface area contributed by atoms with Crippen molar-refractivity contribution in [3.63, 3.8) is 0 Å². The number of hydrogen-bond donors (Lipinski definition) is 1. The number of nitrogens with zero attached hydrogens (tertiary/aromatic N) is 1. The number of nitrogens with one attached hydrogen (secondary N) is 1. The number of carbonyl (C=O) groups is 1. The standard InChI is InChI=1S/C15H18N2O2/c1-15(2,3)19-14(18)16-17-12-8-9-13(17)11-7-5-4-6-10(11)12/h4-9,12-13H,1-3H3,(H,16,18). The molecular formula is C15H18N2O2. The van der Waals surface area contributed by atoms with Gasteiger partial charge in [0.05, 0.1) is 12.1 Å². The first kappa shape index (κ1) is 12.2. The highest BCUT2D eigenvalue weighted by Crippen LogP contribution is 2.46. The van der Waals surface area contributed by atoms with E-state index in [0.717, 1.165) is 0 Å². The van der Waals surface area contributed by atoms with E-state index in [1.54, 1.807) is 0 Å². The Labute approximate surface area is 113 Å². The van der Waals surface area contributed by atoms with E-state index >= 15 is 0 Å². The van der Waals surface area contributed by atoms with Crippen molar-refractivity contribution in [2.45, 2.75) is 38.5 Å². The van der Waals surface area contributed by atoms with E-state index in [1.807, 2.05) is 37.9 Å². The van der Waals surface area contributed by atoms with Crippen LogP contribution in [-0.4, -0.2) is 16.7 Å². The molecule has 0 saturated carbocycles. The van der Waals surface area contributed by atoms with E-state index in [1.165, 1.54) is 11.1 Å². The number of hydrazine groups is 1. The lowest BCUT2D eigenvalue weighted by atomic mass is 9.97. The monoisotopic (exact) mass is 258 g/mol. The smallest absolute Gasteiger partial charge is 0.422 e. The molecule has 2 atom stereocenters. The molecule has 2 aliphatic rings. The van der Waals surface area contributed by atoms with Gasteiger partial charge >= 0.3 is 6.09 Å². The highest BCUT2D eigenvalue weighted by molar-refractivity contribution is 5.67. The van der Waals surface area contributed by atoms with Crippen LogP contribution in [0.15, 0.2) is 36.4 Å². The average Bonchev–Trinajstić information content (AvgIpc) is 2.83. The lowest BCUT2D eigenvalue weighted by Gasteiger charge is -2.26. The van der Waals surface area contributed by atoms with Crippen LogP contribution < -0.4 is 5.43 Å². The molecule has 4 nitrogen and oxygen atoms in total. The third-order valence-corrected chi connectivity index (χ3v) is 3.33. The Morgan fingerprint density at radius 1 is 1.16 bits per heavy atom. The first-order valence-corrected chi connectivity index (χ1v) is 6.51. The van der Waals surface area contributed by atoms with E-state index in [2.05, 4.69) is 29.7 Å². The molecule has 0 spiro atoms. The van der Waals surface area contributed by atoms with Crippen LogP contribution in [0.5, 0.6) is 0 Å². The van der Waals surface area contributed by atoms with E-state index < -0.39 is 11.7 Å². The third kappa shape index (κ3) is 2.12. The number of carbonyl (C=O) groups excluding carboxylic acids is 1. The van der Waals surface area contributed by atoms with Crippen LogP contribution in [0.1, 0.15) is 44.0 Å². The molecule has 1 aromatic carbocycles. The molecule has 2 heterocycles. The summed E-state index contributed by atoms with van der Waals surface area (Å²) in [6.45, 7) is 5.58. The van der Waals surface area contributed by atoms with Gasteiger partial charge in [0.2, 0.25) is 0 Å². The van der Waals surface area contributed by atoms with E-state index in [4.69, 9.17) is 4.74 Å². The normalized spacial score (nSPS) is 24.4. The predicted octanol–water partition coefficient (Wildman–Crippen LogP) is 3.09. The molecule has 4 heteroatoms. The molecule has 2 bridgehead atoms. The summed E-state index contributed by atoms with van der Waals surface area (Å²) in [7, 11) is 0. The van der Waals surface area contributed by atoms with Gasteiger partial charge in [-0.05, 0) is 31.9 Å². The van der Waals surface area contributed by atoms with Crippen LogP contribution >= 0.6 is 0 Å². The number of amides is 1. The summed E-state index contributed by atoms with van der Waals surface area (Å²) in [4.78, 5) is 11.9. The Balaban J connectivity index is 1.75. The van der Waals surface area contributed by atoms with Crippen molar-refractivity contribution >= 4 is 6.09 Å². The highest BCUT2D eigenvalue weighted by atomic mass is 16.6. The second-order valence-corrected chi connectivity index (χ2v) is 5.92. The summed E-state index contributed by atoms with van der Waals surface area (Å²) in [5, 5.41) is 1.94. The largest absolute Gasteiger partial charge is 0.443 e. The molecule has 0 radical (unpaired) electrons. The van der Waals surface area contributed by atoms with Crippen molar-refractivity contribution in [2.24, 2.45) is 0 Å². The molecule has 19 heavy (non-hydrogen) atoms.